The highest BCUT2D eigenvalue weighted by molar-refractivity contribution is 8.13. The van der Waals surface area contributed by atoms with E-state index in [4.69, 9.17) is 17.3 Å². The van der Waals surface area contributed by atoms with E-state index in [1.54, 1.807) is 18.7 Å². The highest BCUT2D eigenvalue weighted by Gasteiger charge is 2.31. The van der Waals surface area contributed by atoms with Crippen molar-refractivity contribution in [2.24, 2.45) is 15.7 Å². The van der Waals surface area contributed by atoms with Gasteiger partial charge in [0.05, 0.1) is 11.2 Å². The number of aliphatic imine (C=N–C) groups is 2. The minimum atomic E-state index is -0.313. The van der Waals surface area contributed by atoms with Crippen molar-refractivity contribution in [3.63, 3.8) is 0 Å². The molecule has 1 aliphatic heterocycles. The van der Waals surface area contributed by atoms with E-state index < -0.39 is 0 Å². The number of halogens is 1. The predicted octanol–water partition coefficient (Wildman–Crippen LogP) is 3.18. The molecule has 2 rings (SSSR count). The van der Waals surface area contributed by atoms with Crippen LogP contribution in [0.2, 0.25) is 0 Å². The molecule has 6 nitrogen and oxygen atoms in total. The summed E-state index contributed by atoms with van der Waals surface area (Å²) in [6.45, 7) is 7.13. The third kappa shape index (κ3) is 6.98. The summed E-state index contributed by atoms with van der Waals surface area (Å²) in [6, 6.07) is 5.95. The molecule has 3 N–H and O–H groups in total. The van der Waals surface area contributed by atoms with Gasteiger partial charge in [-0.15, -0.1) is 9.24 Å². The predicted molar refractivity (Wildman–Crippen MR) is 117 cm³/mol. The normalized spacial score (nSPS) is 19.5. The van der Waals surface area contributed by atoms with Gasteiger partial charge < -0.3 is 15.8 Å². The van der Waals surface area contributed by atoms with Crippen molar-refractivity contribution in [2.75, 3.05) is 17.1 Å². The molecular formula is C17H24ClN4O2PS. The summed E-state index contributed by atoms with van der Waals surface area (Å²) in [7, 11) is 2.71. The highest BCUT2D eigenvalue weighted by Crippen LogP contribution is 2.35. The summed E-state index contributed by atoms with van der Waals surface area (Å²) in [6.07, 6.45) is 3.07. The smallest absolute Gasteiger partial charge is 0.211 e. The third-order valence-electron chi connectivity index (χ3n) is 3.62. The van der Waals surface area contributed by atoms with E-state index in [0.29, 0.717) is 11.6 Å². The van der Waals surface area contributed by atoms with Crippen LogP contribution in [0.1, 0.15) is 25.8 Å². The Morgan fingerprint density at radius 3 is 2.96 bits per heavy atom. The Morgan fingerprint density at radius 1 is 1.65 bits per heavy atom. The molecular weight excluding hydrogens is 391 g/mol. The Kier molecular flexibility index (Phi) is 9.70. The summed E-state index contributed by atoms with van der Waals surface area (Å²) >= 11 is 6.76. The molecule has 1 aromatic carbocycles. The number of carbonyl (C=O) groups is 1. The monoisotopic (exact) mass is 414 g/mol. The lowest BCUT2D eigenvalue weighted by atomic mass is 9.89. The van der Waals surface area contributed by atoms with Crippen molar-refractivity contribution < 1.29 is 9.53 Å². The zero-order chi connectivity index (χ0) is 19.6. The number of nitrogens with one attached hydrogen (secondary N) is 1. The average Bonchev–Trinajstić information content (AvgIpc) is 2.61. The van der Waals surface area contributed by atoms with Crippen LogP contribution in [0.25, 0.3) is 0 Å². The van der Waals surface area contributed by atoms with Gasteiger partial charge in [-0.05, 0) is 50.0 Å². The number of hydrogen-bond donors (Lipinski definition) is 2. The summed E-state index contributed by atoms with van der Waals surface area (Å²) in [5.74, 6) is 0.960. The molecule has 0 bridgehead atoms. The van der Waals surface area contributed by atoms with Gasteiger partial charge in [-0.1, -0.05) is 29.4 Å². The molecule has 0 saturated carbocycles. The first-order valence-electron chi connectivity index (χ1n) is 7.75. The SMILES string of the molecule is C=N/C(C)=C\OCCl.CC1(c2cc(NC=O)ccc2P)CCSC(N)=N1. The van der Waals surface area contributed by atoms with Crippen LogP contribution in [0.5, 0.6) is 0 Å². The number of benzene rings is 1. The van der Waals surface area contributed by atoms with E-state index in [0.717, 1.165) is 34.4 Å². The molecule has 1 aliphatic rings. The number of allylic oxidation sites excluding steroid dienone is 1. The lowest BCUT2D eigenvalue weighted by Gasteiger charge is -2.31. The molecule has 2 unspecified atom stereocenters. The van der Waals surface area contributed by atoms with Crippen molar-refractivity contribution in [2.45, 2.75) is 25.8 Å². The molecule has 0 aliphatic carbocycles. The molecule has 1 amide bonds. The minimum Gasteiger partial charge on any atom is -0.484 e. The Balaban J connectivity index is 0.000000359. The second kappa shape index (κ2) is 11.2. The molecule has 142 valence electrons. The number of nitrogens with two attached hydrogens (primary N) is 1. The van der Waals surface area contributed by atoms with Gasteiger partial charge in [0.2, 0.25) is 6.41 Å². The number of rotatable bonds is 6. The highest BCUT2D eigenvalue weighted by atomic mass is 35.5. The van der Waals surface area contributed by atoms with Crippen LogP contribution >= 0.6 is 32.6 Å². The number of anilines is 1. The van der Waals surface area contributed by atoms with Crippen LogP contribution in [0, 0.1) is 0 Å². The number of alkyl halides is 1. The molecule has 0 radical (unpaired) electrons. The molecule has 1 aromatic rings. The van der Waals surface area contributed by atoms with Crippen LogP contribution in [0.3, 0.4) is 0 Å². The Bertz CT molecular complexity index is 699. The van der Waals surface area contributed by atoms with Gasteiger partial charge in [0.1, 0.15) is 6.26 Å². The second-order valence-electron chi connectivity index (χ2n) is 5.58. The van der Waals surface area contributed by atoms with Gasteiger partial charge in [0.15, 0.2) is 11.2 Å². The lowest BCUT2D eigenvalue weighted by Crippen LogP contribution is -2.31. The summed E-state index contributed by atoms with van der Waals surface area (Å²) in [5.41, 5.74) is 8.11. The van der Waals surface area contributed by atoms with Gasteiger partial charge >= 0.3 is 0 Å². The lowest BCUT2D eigenvalue weighted by molar-refractivity contribution is -0.105. The van der Waals surface area contributed by atoms with E-state index in [-0.39, 0.29) is 11.6 Å². The second-order valence-corrected chi connectivity index (χ2v) is 7.54. The maximum Gasteiger partial charge on any atom is 0.211 e. The van der Waals surface area contributed by atoms with E-state index >= 15 is 0 Å². The first-order chi connectivity index (χ1) is 12.4. The summed E-state index contributed by atoms with van der Waals surface area (Å²) < 4.78 is 4.66. The van der Waals surface area contributed by atoms with Crippen LogP contribution < -0.4 is 16.4 Å². The van der Waals surface area contributed by atoms with Crippen LogP contribution in [0.4, 0.5) is 5.69 Å². The fourth-order valence-corrected chi connectivity index (χ4v) is 3.78. The van der Waals surface area contributed by atoms with Crippen molar-refractivity contribution in [1.82, 2.24) is 0 Å². The minimum absolute atomic E-state index is 0.160. The zero-order valence-electron chi connectivity index (χ0n) is 14.9. The van der Waals surface area contributed by atoms with E-state index in [1.165, 1.54) is 6.26 Å². The van der Waals surface area contributed by atoms with Crippen molar-refractivity contribution in [3.8, 4) is 0 Å². The van der Waals surface area contributed by atoms with Crippen molar-refractivity contribution in [1.29, 1.82) is 0 Å². The van der Waals surface area contributed by atoms with E-state index in [2.05, 4.69) is 42.9 Å². The summed E-state index contributed by atoms with van der Waals surface area (Å²) in [5, 5.41) is 4.38. The number of ether oxygens (including phenoxy) is 1. The fourth-order valence-electron chi connectivity index (χ4n) is 2.25. The molecule has 0 saturated heterocycles. The average molecular weight is 415 g/mol. The molecule has 1 heterocycles. The first kappa shape index (κ1) is 22.5. The number of thioether (sulfide) groups is 1. The number of hydrogen-bond acceptors (Lipinski definition) is 6. The largest absolute Gasteiger partial charge is 0.484 e. The Labute approximate surface area is 165 Å². The Hall–Kier alpha value is -1.56. The zero-order valence-corrected chi connectivity index (χ0v) is 17.6. The maximum absolute atomic E-state index is 10.5. The molecule has 26 heavy (non-hydrogen) atoms. The third-order valence-corrected chi connectivity index (χ3v) is 5.05. The molecule has 2 atom stereocenters. The number of nitrogens with zero attached hydrogens (tertiary/aromatic N) is 2. The fraction of sp³-hybridized carbons (Fsp3) is 0.353. The van der Waals surface area contributed by atoms with E-state index in [9.17, 15) is 4.79 Å². The number of amidine groups is 1. The quantitative estimate of drug-likeness (QED) is 0.246. The van der Waals surface area contributed by atoms with Gasteiger partial charge in [-0.3, -0.25) is 14.8 Å². The first-order valence-corrected chi connectivity index (χ1v) is 9.85. The molecule has 9 heteroatoms. The number of carbonyl (C=O) groups excluding carboxylic acids is 1. The maximum atomic E-state index is 10.5. The van der Waals surface area contributed by atoms with Crippen LogP contribution in [0.15, 0.2) is 40.1 Å². The number of amides is 1. The van der Waals surface area contributed by atoms with Crippen molar-refractivity contribution in [3.05, 3.63) is 35.7 Å². The van der Waals surface area contributed by atoms with Gasteiger partial charge in [-0.2, -0.15) is 0 Å². The molecule has 0 fully saturated rings. The van der Waals surface area contributed by atoms with Crippen molar-refractivity contribution >= 4 is 61.9 Å². The van der Waals surface area contributed by atoms with Crippen LogP contribution in [-0.2, 0) is 15.1 Å². The van der Waals surface area contributed by atoms with E-state index in [1.807, 2.05) is 18.2 Å². The van der Waals surface area contributed by atoms with Gasteiger partial charge in [0.25, 0.3) is 0 Å². The standard InChI is InChI=1S/C12H16N3OPS.C5H8ClNO/c1-12(4-5-18-11(13)15-12)9-6-8(14-7-16)2-3-10(9)17;1-5(7-2)3-8-4-6/h2-3,6-7H,4-5,17H2,1H3,(H2,13,15)(H,14,16);3H,2,4H2,1H3/b;5-3-. The topological polar surface area (TPSA) is 89.1 Å². The molecule has 0 spiro atoms. The van der Waals surface area contributed by atoms with Crippen LogP contribution in [-0.4, -0.2) is 30.1 Å². The Morgan fingerprint density at radius 2 is 2.38 bits per heavy atom. The van der Waals surface area contributed by atoms with Gasteiger partial charge in [0, 0.05) is 11.4 Å². The summed E-state index contributed by atoms with van der Waals surface area (Å²) in [4.78, 5) is 18.6. The van der Waals surface area contributed by atoms with Gasteiger partial charge in [-0.25, -0.2) is 0 Å². The molecule has 0 aromatic heterocycles.